The second-order valence-corrected chi connectivity index (χ2v) is 5.37. The first-order valence-corrected chi connectivity index (χ1v) is 5.89. The zero-order valence-electron chi connectivity index (χ0n) is 10.7. The Bertz CT molecular complexity index is 202. The van der Waals surface area contributed by atoms with Gasteiger partial charge in [-0.1, -0.05) is 0 Å². The van der Waals surface area contributed by atoms with E-state index in [-0.39, 0.29) is 11.2 Å². The fraction of sp³-hybridized carbons (Fsp3) is 1.00. The van der Waals surface area contributed by atoms with Crippen LogP contribution >= 0.6 is 0 Å². The first-order valence-electron chi connectivity index (χ1n) is 5.89. The third kappa shape index (κ3) is 3.74. The lowest BCUT2D eigenvalue weighted by Crippen LogP contribution is -2.44. The first kappa shape index (κ1) is 12.9. The summed E-state index contributed by atoms with van der Waals surface area (Å²) < 4.78 is 11.3. The Kier molecular flexibility index (Phi) is 4.15. The summed E-state index contributed by atoms with van der Waals surface area (Å²) >= 11 is 0. The molecule has 1 aliphatic rings. The van der Waals surface area contributed by atoms with Crippen LogP contribution in [0.1, 0.15) is 41.0 Å². The topological polar surface area (TPSA) is 30.5 Å². The Morgan fingerprint density at radius 1 is 1.33 bits per heavy atom. The summed E-state index contributed by atoms with van der Waals surface area (Å²) in [7, 11) is 0. The van der Waals surface area contributed by atoms with Crippen molar-refractivity contribution in [1.82, 2.24) is 5.32 Å². The highest BCUT2D eigenvalue weighted by atomic mass is 16.5. The van der Waals surface area contributed by atoms with Crippen LogP contribution in [0, 0.1) is 0 Å². The predicted molar refractivity (Wildman–Crippen MR) is 62.1 cm³/mol. The van der Waals surface area contributed by atoms with Crippen molar-refractivity contribution in [2.75, 3.05) is 19.8 Å². The largest absolute Gasteiger partial charge is 0.380 e. The van der Waals surface area contributed by atoms with Gasteiger partial charge in [-0.3, -0.25) is 0 Å². The molecule has 0 aromatic carbocycles. The molecular weight excluding hydrogens is 190 g/mol. The van der Waals surface area contributed by atoms with Crippen molar-refractivity contribution in [3.8, 4) is 0 Å². The van der Waals surface area contributed by atoms with E-state index >= 15 is 0 Å². The minimum atomic E-state index is -0.0737. The zero-order valence-corrected chi connectivity index (χ0v) is 10.7. The van der Waals surface area contributed by atoms with E-state index in [1.54, 1.807) is 0 Å². The van der Waals surface area contributed by atoms with Crippen molar-refractivity contribution in [2.24, 2.45) is 0 Å². The molecule has 90 valence electrons. The summed E-state index contributed by atoms with van der Waals surface area (Å²) in [6.45, 7) is 13.1. The minimum absolute atomic E-state index is 0.00716. The van der Waals surface area contributed by atoms with Gasteiger partial charge in [0.2, 0.25) is 0 Å². The summed E-state index contributed by atoms with van der Waals surface area (Å²) in [5.41, 5.74) is -0.0809. The summed E-state index contributed by atoms with van der Waals surface area (Å²) in [5, 5.41) is 3.51. The maximum atomic E-state index is 6.00. The molecule has 1 rings (SSSR count). The number of ether oxygens (including phenoxy) is 2. The zero-order chi connectivity index (χ0) is 11.5. The Labute approximate surface area is 93.5 Å². The standard InChI is InChI=1S/C12H25NO2/c1-6-14-8-7-13-10-9-11(2,3)15-12(10,4)5/h10,13H,6-9H2,1-5H3/t10-/m1/s1. The minimum Gasteiger partial charge on any atom is -0.380 e. The highest BCUT2D eigenvalue weighted by Crippen LogP contribution is 2.36. The molecule has 1 aliphatic heterocycles. The van der Waals surface area contributed by atoms with Crippen molar-refractivity contribution < 1.29 is 9.47 Å². The van der Waals surface area contributed by atoms with Crippen LogP contribution in [-0.2, 0) is 9.47 Å². The van der Waals surface area contributed by atoms with E-state index in [0.29, 0.717) is 6.04 Å². The lowest BCUT2D eigenvalue weighted by Gasteiger charge is -2.27. The lowest BCUT2D eigenvalue weighted by atomic mass is 9.94. The van der Waals surface area contributed by atoms with Crippen LogP contribution in [0.15, 0.2) is 0 Å². The molecule has 1 fully saturated rings. The van der Waals surface area contributed by atoms with E-state index in [0.717, 1.165) is 26.2 Å². The van der Waals surface area contributed by atoms with Crippen LogP contribution in [0.25, 0.3) is 0 Å². The average molecular weight is 215 g/mol. The Balaban J connectivity index is 2.35. The summed E-state index contributed by atoms with van der Waals surface area (Å²) in [6.07, 6.45) is 1.06. The Hall–Kier alpha value is -0.120. The summed E-state index contributed by atoms with van der Waals surface area (Å²) in [5.74, 6) is 0. The van der Waals surface area contributed by atoms with E-state index in [9.17, 15) is 0 Å². The second-order valence-electron chi connectivity index (χ2n) is 5.37. The molecule has 0 radical (unpaired) electrons. The molecule has 15 heavy (non-hydrogen) atoms. The molecule has 0 unspecified atom stereocenters. The van der Waals surface area contributed by atoms with Crippen LogP contribution in [0.5, 0.6) is 0 Å². The number of nitrogens with one attached hydrogen (secondary N) is 1. The second kappa shape index (κ2) is 4.81. The van der Waals surface area contributed by atoms with Gasteiger partial charge >= 0.3 is 0 Å². The van der Waals surface area contributed by atoms with Crippen LogP contribution < -0.4 is 5.32 Å². The van der Waals surface area contributed by atoms with E-state index in [2.05, 4.69) is 33.0 Å². The molecule has 1 saturated heterocycles. The van der Waals surface area contributed by atoms with Crippen molar-refractivity contribution in [3.63, 3.8) is 0 Å². The molecular formula is C12H25NO2. The molecule has 1 N–H and O–H groups in total. The van der Waals surface area contributed by atoms with Gasteiger partial charge in [0.25, 0.3) is 0 Å². The lowest BCUT2D eigenvalue weighted by molar-refractivity contribution is -0.0700. The van der Waals surface area contributed by atoms with Crippen LogP contribution in [0.2, 0.25) is 0 Å². The van der Waals surface area contributed by atoms with E-state index in [1.165, 1.54) is 0 Å². The third-order valence-electron chi connectivity index (χ3n) is 2.92. The molecule has 0 aliphatic carbocycles. The van der Waals surface area contributed by atoms with Crippen molar-refractivity contribution in [1.29, 1.82) is 0 Å². The highest BCUT2D eigenvalue weighted by Gasteiger charge is 2.45. The highest BCUT2D eigenvalue weighted by molar-refractivity contribution is 4.98. The van der Waals surface area contributed by atoms with Gasteiger partial charge in [-0.15, -0.1) is 0 Å². The van der Waals surface area contributed by atoms with Gasteiger partial charge in [-0.2, -0.15) is 0 Å². The van der Waals surface area contributed by atoms with Gasteiger partial charge in [0.1, 0.15) is 0 Å². The van der Waals surface area contributed by atoms with Crippen LogP contribution in [-0.4, -0.2) is 37.0 Å². The smallest absolute Gasteiger partial charge is 0.0787 e. The predicted octanol–water partition coefficient (Wildman–Crippen LogP) is 1.96. The maximum absolute atomic E-state index is 6.00. The molecule has 0 amide bonds. The van der Waals surface area contributed by atoms with Gasteiger partial charge < -0.3 is 14.8 Å². The molecule has 1 heterocycles. The van der Waals surface area contributed by atoms with Gasteiger partial charge in [0, 0.05) is 19.2 Å². The molecule has 0 aromatic heterocycles. The van der Waals surface area contributed by atoms with Crippen molar-refractivity contribution >= 4 is 0 Å². The monoisotopic (exact) mass is 215 g/mol. The molecule has 0 spiro atoms. The number of hydrogen-bond donors (Lipinski definition) is 1. The first-order chi connectivity index (χ1) is 6.87. The average Bonchev–Trinajstić information content (AvgIpc) is 2.28. The number of hydrogen-bond acceptors (Lipinski definition) is 3. The van der Waals surface area contributed by atoms with Crippen LogP contribution in [0.4, 0.5) is 0 Å². The van der Waals surface area contributed by atoms with Crippen LogP contribution in [0.3, 0.4) is 0 Å². The maximum Gasteiger partial charge on any atom is 0.0787 e. The van der Waals surface area contributed by atoms with E-state index in [1.807, 2.05) is 6.92 Å². The Morgan fingerprint density at radius 3 is 2.47 bits per heavy atom. The molecule has 0 bridgehead atoms. The quantitative estimate of drug-likeness (QED) is 0.711. The van der Waals surface area contributed by atoms with Crippen molar-refractivity contribution in [3.05, 3.63) is 0 Å². The van der Waals surface area contributed by atoms with Gasteiger partial charge in [-0.25, -0.2) is 0 Å². The summed E-state index contributed by atoms with van der Waals surface area (Å²) in [4.78, 5) is 0. The van der Waals surface area contributed by atoms with Gasteiger partial charge in [0.15, 0.2) is 0 Å². The number of rotatable bonds is 5. The molecule has 1 atom stereocenters. The molecule has 3 nitrogen and oxygen atoms in total. The Morgan fingerprint density at radius 2 is 2.00 bits per heavy atom. The fourth-order valence-electron chi connectivity index (χ4n) is 2.33. The van der Waals surface area contributed by atoms with Crippen molar-refractivity contribution in [2.45, 2.75) is 58.3 Å². The molecule has 0 aromatic rings. The van der Waals surface area contributed by atoms with Gasteiger partial charge in [-0.05, 0) is 41.0 Å². The molecule has 0 saturated carbocycles. The summed E-state index contributed by atoms with van der Waals surface area (Å²) in [6, 6.07) is 0.424. The SMILES string of the molecule is CCOCCN[C@@H]1CC(C)(C)OC1(C)C. The van der Waals surface area contributed by atoms with Gasteiger partial charge in [0.05, 0.1) is 17.8 Å². The molecule has 3 heteroatoms. The fourth-order valence-corrected chi connectivity index (χ4v) is 2.33. The van der Waals surface area contributed by atoms with E-state index < -0.39 is 0 Å². The third-order valence-corrected chi connectivity index (χ3v) is 2.92. The van der Waals surface area contributed by atoms with E-state index in [4.69, 9.17) is 9.47 Å². The normalized spacial score (nSPS) is 28.2.